The van der Waals surface area contributed by atoms with Gasteiger partial charge in [-0.3, -0.25) is 14.7 Å². The van der Waals surface area contributed by atoms with E-state index in [1.807, 2.05) is 0 Å². The summed E-state index contributed by atoms with van der Waals surface area (Å²) < 4.78 is 0. The molecule has 2 saturated heterocycles. The third-order valence-electron chi connectivity index (χ3n) is 7.30. The Bertz CT molecular complexity index is 659. The maximum atomic E-state index is 11.9. The van der Waals surface area contributed by atoms with Crippen LogP contribution in [0, 0.1) is 13.8 Å². The molecule has 154 valence electrons. The summed E-state index contributed by atoms with van der Waals surface area (Å²) in [6.45, 7) is 13.8. The number of aldehydes is 1. The Morgan fingerprint density at radius 2 is 1.71 bits per heavy atom. The molecule has 1 aromatic carbocycles. The summed E-state index contributed by atoms with van der Waals surface area (Å²) in [6.07, 6.45) is 5.38. The van der Waals surface area contributed by atoms with E-state index in [9.17, 15) is 4.79 Å². The Hall–Kier alpha value is -1.43. The monoisotopic (exact) mass is 384 g/mol. The van der Waals surface area contributed by atoms with Gasteiger partial charge in [-0.15, -0.1) is 0 Å². The molecule has 0 amide bonds. The highest BCUT2D eigenvalue weighted by atomic mass is 16.1. The molecule has 0 aromatic heterocycles. The van der Waals surface area contributed by atoms with Crippen molar-refractivity contribution in [2.75, 3.05) is 63.8 Å². The maximum Gasteiger partial charge on any atom is 0.138 e. The van der Waals surface area contributed by atoms with Crippen LogP contribution in [0.4, 0.5) is 5.69 Å². The first-order valence-electron chi connectivity index (χ1n) is 11.1. The Morgan fingerprint density at radius 1 is 1.00 bits per heavy atom. The molecule has 4 rings (SSSR count). The van der Waals surface area contributed by atoms with Gasteiger partial charge in [-0.05, 0) is 43.9 Å². The fourth-order valence-electron chi connectivity index (χ4n) is 4.94. The summed E-state index contributed by atoms with van der Waals surface area (Å²) in [5.41, 5.74) is 4.09. The molecule has 1 aromatic rings. The van der Waals surface area contributed by atoms with Crippen molar-refractivity contribution in [1.82, 2.24) is 14.7 Å². The minimum Gasteiger partial charge on any atom is -0.369 e. The van der Waals surface area contributed by atoms with Gasteiger partial charge in [0.05, 0.1) is 6.04 Å². The summed E-state index contributed by atoms with van der Waals surface area (Å²) in [4.78, 5) is 21.9. The molecule has 1 unspecified atom stereocenters. The minimum atomic E-state index is 0.0380. The van der Waals surface area contributed by atoms with Crippen molar-refractivity contribution >= 4 is 12.0 Å². The van der Waals surface area contributed by atoms with Crippen molar-refractivity contribution in [3.63, 3.8) is 0 Å². The van der Waals surface area contributed by atoms with Gasteiger partial charge in [0.25, 0.3) is 0 Å². The van der Waals surface area contributed by atoms with Crippen LogP contribution in [0.15, 0.2) is 18.2 Å². The SMILES string of the molecule is Cc1cccc(N2CCN(C(C=O)CN3CCN(C4CCC4)CC3)CC2)c1C. The molecular formula is C23H36N4O. The molecule has 1 atom stereocenters. The van der Waals surface area contributed by atoms with Gasteiger partial charge in [0.1, 0.15) is 6.29 Å². The number of hydrogen-bond donors (Lipinski definition) is 0. The van der Waals surface area contributed by atoms with E-state index in [1.165, 1.54) is 55.5 Å². The molecule has 0 radical (unpaired) electrons. The molecule has 5 nitrogen and oxygen atoms in total. The van der Waals surface area contributed by atoms with E-state index in [1.54, 1.807) is 0 Å². The first-order valence-corrected chi connectivity index (χ1v) is 11.1. The molecule has 1 aliphatic carbocycles. The molecule has 28 heavy (non-hydrogen) atoms. The van der Waals surface area contributed by atoms with Crippen LogP contribution in [0.25, 0.3) is 0 Å². The number of nitrogens with zero attached hydrogens (tertiary/aromatic N) is 4. The van der Waals surface area contributed by atoms with E-state index in [2.05, 4.69) is 51.6 Å². The lowest BCUT2D eigenvalue weighted by atomic mass is 9.91. The lowest BCUT2D eigenvalue weighted by molar-refractivity contribution is -0.113. The first-order chi connectivity index (χ1) is 13.7. The van der Waals surface area contributed by atoms with Crippen LogP contribution in [0.5, 0.6) is 0 Å². The van der Waals surface area contributed by atoms with Gasteiger partial charge in [-0.1, -0.05) is 18.6 Å². The van der Waals surface area contributed by atoms with E-state index in [0.29, 0.717) is 0 Å². The van der Waals surface area contributed by atoms with Gasteiger partial charge in [-0.25, -0.2) is 0 Å². The molecule has 3 fully saturated rings. The molecule has 1 saturated carbocycles. The molecule has 2 aliphatic heterocycles. The number of benzene rings is 1. The number of piperazine rings is 2. The van der Waals surface area contributed by atoms with E-state index in [-0.39, 0.29) is 6.04 Å². The minimum absolute atomic E-state index is 0.0380. The first kappa shape index (κ1) is 19.9. The summed E-state index contributed by atoms with van der Waals surface area (Å²) in [5.74, 6) is 0. The van der Waals surface area contributed by atoms with Crippen LogP contribution in [0.2, 0.25) is 0 Å². The van der Waals surface area contributed by atoms with Gasteiger partial charge >= 0.3 is 0 Å². The zero-order valence-corrected chi connectivity index (χ0v) is 17.6. The average molecular weight is 385 g/mol. The molecule has 3 aliphatic rings. The highest BCUT2D eigenvalue weighted by Crippen LogP contribution is 2.26. The fourth-order valence-corrected chi connectivity index (χ4v) is 4.94. The lowest BCUT2D eigenvalue weighted by Gasteiger charge is -2.44. The van der Waals surface area contributed by atoms with Crippen LogP contribution in [0.1, 0.15) is 30.4 Å². The van der Waals surface area contributed by atoms with Gasteiger partial charge in [0.15, 0.2) is 0 Å². The number of carbonyl (C=O) groups excluding carboxylic acids is 1. The quantitative estimate of drug-likeness (QED) is 0.702. The third-order valence-corrected chi connectivity index (χ3v) is 7.30. The normalized spacial score (nSPS) is 24.1. The van der Waals surface area contributed by atoms with Gasteiger partial charge in [-0.2, -0.15) is 0 Å². The molecule has 5 heteroatoms. The summed E-state index contributed by atoms with van der Waals surface area (Å²) in [7, 11) is 0. The standard InChI is InChI=1S/C23H36N4O/c1-19-5-3-8-23(20(19)2)27-15-13-26(14-16-27)22(18-28)17-24-9-11-25(12-10-24)21-6-4-7-21/h3,5,8,18,21-22H,4,6-7,9-17H2,1-2H3. The highest BCUT2D eigenvalue weighted by Gasteiger charge is 2.30. The molecule has 0 bridgehead atoms. The van der Waals surface area contributed by atoms with Crippen LogP contribution in [-0.4, -0.2) is 92.0 Å². The summed E-state index contributed by atoms with van der Waals surface area (Å²) in [6, 6.07) is 7.46. The summed E-state index contributed by atoms with van der Waals surface area (Å²) >= 11 is 0. The van der Waals surface area contributed by atoms with Gasteiger partial charge in [0.2, 0.25) is 0 Å². The molecule has 2 heterocycles. The zero-order valence-electron chi connectivity index (χ0n) is 17.6. The van der Waals surface area contributed by atoms with E-state index in [0.717, 1.165) is 51.9 Å². The van der Waals surface area contributed by atoms with Crippen molar-refractivity contribution in [2.45, 2.75) is 45.2 Å². The zero-order chi connectivity index (χ0) is 19.5. The van der Waals surface area contributed by atoms with Crippen molar-refractivity contribution < 1.29 is 4.79 Å². The second-order valence-electron chi connectivity index (χ2n) is 8.87. The third kappa shape index (κ3) is 4.27. The van der Waals surface area contributed by atoms with Crippen molar-refractivity contribution in [2.24, 2.45) is 0 Å². The van der Waals surface area contributed by atoms with Gasteiger partial charge < -0.3 is 9.69 Å². The average Bonchev–Trinajstić information content (AvgIpc) is 2.68. The number of anilines is 1. The van der Waals surface area contributed by atoms with Crippen LogP contribution in [-0.2, 0) is 4.79 Å². The largest absolute Gasteiger partial charge is 0.369 e. The van der Waals surface area contributed by atoms with Crippen LogP contribution >= 0.6 is 0 Å². The second-order valence-corrected chi connectivity index (χ2v) is 8.87. The number of aryl methyl sites for hydroxylation is 1. The number of hydrogen-bond acceptors (Lipinski definition) is 5. The van der Waals surface area contributed by atoms with Crippen molar-refractivity contribution in [3.8, 4) is 0 Å². The predicted molar refractivity (Wildman–Crippen MR) is 115 cm³/mol. The van der Waals surface area contributed by atoms with Crippen molar-refractivity contribution in [1.29, 1.82) is 0 Å². The smallest absolute Gasteiger partial charge is 0.138 e. The Morgan fingerprint density at radius 3 is 2.32 bits per heavy atom. The topological polar surface area (TPSA) is 30.0 Å². The molecular weight excluding hydrogens is 348 g/mol. The number of carbonyl (C=O) groups is 1. The summed E-state index contributed by atoms with van der Waals surface area (Å²) in [5, 5.41) is 0. The van der Waals surface area contributed by atoms with E-state index >= 15 is 0 Å². The molecule has 0 N–H and O–H groups in total. The lowest BCUT2D eigenvalue weighted by Crippen LogP contribution is -2.57. The number of rotatable bonds is 6. The second kappa shape index (κ2) is 8.93. The fraction of sp³-hybridized carbons (Fsp3) is 0.696. The Balaban J connectivity index is 1.27. The van der Waals surface area contributed by atoms with Crippen LogP contribution < -0.4 is 4.90 Å². The Labute approximate surface area is 170 Å². The maximum absolute atomic E-state index is 11.9. The van der Waals surface area contributed by atoms with Gasteiger partial charge in [0, 0.05) is 70.6 Å². The molecule has 0 spiro atoms. The highest BCUT2D eigenvalue weighted by molar-refractivity contribution is 5.59. The van der Waals surface area contributed by atoms with E-state index in [4.69, 9.17) is 0 Å². The van der Waals surface area contributed by atoms with Crippen molar-refractivity contribution in [3.05, 3.63) is 29.3 Å². The van der Waals surface area contributed by atoms with E-state index < -0.39 is 0 Å². The Kier molecular flexibility index (Phi) is 6.34. The van der Waals surface area contributed by atoms with Crippen LogP contribution in [0.3, 0.4) is 0 Å². The predicted octanol–water partition coefficient (Wildman–Crippen LogP) is 2.16.